The normalized spacial score (nSPS) is 13.2. The van der Waals surface area contributed by atoms with Crippen molar-refractivity contribution in [2.24, 2.45) is 4.99 Å². The van der Waals surface area contributed by atoms with Crippen LogP contribution < -0.4 is 10.1 Å². The van der Waals surface area contributed by atoms with Crippen molar-refractivity contribution in [3.05, 3.63) is 47.4 Å². The lowest BCUT2D eigenvalue weighted by Gasteiger charge is -2.16. The Balaban J connectivity index is 1.65. The number of benzene rings is 1. The lowest BCUT2D eigenvalue weighted by atomic mass is 10.3. The molecule has 0 saturated heterocycles. The van der Waals surface area contributed by atoms with Crippen molar-refractivity contribution in [3.63, 3.8) is 0 Å². The van der Waals surface area contributed by atoms with Crippen molar-refractivity contribution in [3.8, 4) is 5.75 Å². The highest BCUT2D eigenvalue weighted by atomic mass is 35.5. The van der Waals surface area contributed by atoms with Gasteiger partial charge < -0.3 is 10.1 Å². The summed E-state index contributed by atoms with van der Waals surface area (Å²) in [5, 5.41) is 3.75. The molecule has 1 aliphatic heterocycles. The Morgan fingerprint density at radius 1 is 1.26 bits per heavy atom. The number of aromatic nitrogens is 2. The Morgan fingerprint density at radius 3 is 3.05 bits per heavy atom. The fourth-order valence-electron chi connectivity index (χ4n) is 1.72. The molecule has 0 amide bonds. The van der Waals surface area contributed by atoms with E-state index in [-0.39, 0.29) is 0 Å². The van der Waals surface area contributed by atoms with Crippen LogP contribution in [-0.4, -0.2) is 22.4 Å². The van der Waals surface area contributed by atoms with E-state index in [4.69, 9.17) is 16.3 Å². The van der Waals surface area contributed by atoms with Crippen LogP contribution in [0.1, 0.15) is 5.69 Å². The maximum Gasteiger partial charge on any atom is 0.155 e. The molecule has 1 aromatic heterocycles. The summed E-state index contributed by atoms with van der Waals surface area (Å²) < 4.78 is 5.62. The zero-order valence-corrected chi connectivity index (χ0v) is 10.8. The van der Waals surface area contributed by atoms with E-state index < -0.39 is 0 Å². The molecule has 96 valence electrons. The molecule has 2 heterocycles. The van der Waals surface area contributed by atoms with Crippen LogP contribution in [0.4, 0.5) is 5.82 Å². The van der Waals surface area contributed by atoms with Crippen LogP contribution in [0.5, 0.6) is 5.75 Å². The lowest BCUT2D eigenvalue weighted by molar-refractivity contribution is 0.375. The second kappa shape index (κ2) is 5.24. The number of hydrogen-bond acceptors (Lipinski definition) is 5. The number of aliphatic imine (C=N–C) groups is 1. The Hall–Kier alpha value is -2.14. The van der Waals surface area contributed by atoms with Crippen molar-refractivity contribution in [2.75, 3.05) is 11.9 Å². The second-order valence-corrected chi connectivity index (χ2v) is 4.42. The van der Waals surface area contributed by atoms with E-state index >= 15 is 0 Å². The van der Waals surface area contributed by atoms with E-state index in [1.807, 2.05) is 12.1 Å². The molecule has 0 aliphatic carbocycles. The summed E-state index contributed by atoms with van der Waals surface area (Å²) in [6, 6.07) is 7.26. The molecule has 0 bridgehead atoms. The largest absolute Gasteiger partial charge is 0.486 e. The van der Waals surface area contributed by atoms with Crippen LogP contribution in [0.2, 0.25) is 5.02 Å². The van der Waals surface area contributed by atoms with Gasteiger partial charge in [-0.3, -0.25) is 9.98 Å². The van der Waals surface area contributed by atoms with Gasteiger partial charge in [0, 0.05) is 17.4 Å². The number of fused-ring (bicyclic) bond motifs is 1. The molecule has 0 fully saturated rings. The molecule has 1 N–H and O–H groups in total. The predicted molar refractivity (Wildman–Crippen MR) is 73.7 cm³/mol. The van der Waals surface area contributed by atoms with Crippen molar-refractivity contribution < 1.29 is 4.74 Å². The molecule has 5 nitrogen and oxygen atoms in total. The number of nitrogens with zero attached hydrogens (tertiary/aromatic N) is 3. The number of amidine groups is 1. The zero-order valence-electron chi connectivity index (χ0n) is 10.0. The van der Waals surface area contributed by atoms with Gasteiger partial charge in [-0.25, -0.2) is 4.98 Å². The SMILES string of the molecule is Clc1cccc(OCC2=NCc3nccnc3N2)c1. The molecule has 2 aromatic rings. The van der Waals surface area contributed by atoms with E-state index in [0.717, 1.165) is 17.3 Å². The molecular formula is C13H11ClN4O. The average molecular weight is 275 g/mol. The molecule has 0 radical (unpaired) electrons. The van der Waals surface area contributed by atoms with E-state index in [0.29, 0.717) is 23.9 Å². The molecule has 0 unspecified atom stereocenters. The maximum absolute atomic E-state index is 5.89. The summed E-state index contributed by atoms with van der Waals surface area (Å²) >= 11 is 5.89. The number of ether oxygens (including phenoxy) is 1. The van der Waals surface area contributed by atoms with Gasteiger partial charge in [-0.1, -0.05) is 17.7 Å². The second-order valence-electron chi connectivity index (χ2n) is 3.99. The summed E-state index contributed by atoms with van der Waals surface area (Å²) in [4.78, 5) is 12.8. The zero-order chi connectivity index (χ0) is 13.1. The third-order valence-electron chi connectivity index (χ3n) is 2.63. The number of halogens is 1. The Kier molecular flexibility index (Phi) is 3.29. The molecule has 19 heavy (non-hydrogen) atoms. The van der Waals surface area contributed by atoms with Gasteiger partial charge in [-0.2, -0.15) is 0 Å². The first-order chi connectivity index (χ1) is 9.31. The highest BCUT2D eigenvalue weighted by molar-refractivity contribution is 6.30. The van der Waals surface area contributed by atoms with Crippen molar-refractivity contribution >= 4 is 23.3 Å². The minimum Gasteiger partial charge on any atom is -0.486 e. The molecule has 0 saturated carbocycles. The minimum absolute atomic E-state index is 0.344. The highest BCUT2D eigenvalue weighted by Crippen LogP contribution is 2.18. The Bertz CT molecular complexity index is 630. The van der Waals surface area contributed by atoms with Gasteiger partial charge in [0.05, 0.1) is 6.54 Å². The van der Waals surface area contributed by atoms with Gasteiger partial charge >= 0.3 is 0 Å². The van der Waals surface area contributed by atoms with Gasteiger partial charge in [-0.15, -0.1) is 0 Å². The van der Waals surface area contributed by atoms with Crippen molar-refractivity contribution in [2.45, 2.75) is 6.54 Å². The number of nitrogens with one attached hydrogen (secondary N) is 1. The number of hydrogen-bond donors (Lipinski definition) is 1. The fraction of sp³-hybridized carbons (Fsp3) is 0.154. The fourth-order valence-corrected chi connectivity index (χ4v) is 1.90. The molecule has 0 spiro atoms. The van der Waals surface area contributed by atoms with Crippen LogP contribution in [0.25, 0.3) is 0 Å². The smallest absolute Gasteiger partial charge is 0.155 e. The molecule has 1 aromatic carbocycles. The third-order valence-corrected chi connectivity index (χ3v) is 2.86. The maximum atomic E-state index is 5.89. The first kappa shape index (κ1) is 11.9. The molecule has 0 atom stereocenters. The van der Waals surface area contributed by atoms with E-state index in [2.05, 4.69) is 20.3 Å². The summed E-state index contributed by atoms with van der Waals surface area (Å²) in [6.45, 7) is 0.862. The van der Waals surface area contributed by atoms with Gasteiger partial charge in [0.1, 0.15) is 23.9 Å². The van der Waals surface area contributed by atoms with Crippen LogP contribution >= 0.6 is 11.6 Å². The predicted octanol–water partition coefficient (Wildman–Crippen LogP) is 2.53. The first-order valence-corrected chi connectivity index (χ1v) is 6.17. The van der Waals surface area contributed by atoms with Crippen LogP contribution in [0.3, 0.4) is 0 Å². The number of anilines is 1. The van der Waals surface area contributed by atoms with E-state index in [1.54, 1.807) is 24.5 Å². The standard InChI is InChI=1S/C13H11ClN4O/c14-9-2-1-3-10(6-9)19-8-12-17-7-11-13(18-12)16-5-4-15-11/h1-6H,7-8H2,(H,16,17,18). The topological polar surface area (TPSA) is 59.4 Å². The minimum atomic E-state index is 0.344. The summed E-state index contributed by atoms with van der Waals surface area (Å²) in [7, 11) is 0. The molecule has 3 rings (SSSR count). The Morgan fingerprint density at radius 2 is 2.16 bits per heavy atom. The van der Waals surface area contributed by atoms with E-state index in [9.17, 15) is 0 Å². The van der Waals surface area contributed by atoms with Gasteiger partial charge in [-0.05, 0) is 18.2 Å². The van der Waals surface area contributed by atoms with Crippen LogP contribution in [0, 0.1) is 0 Å². The average Bonchev–Trinajstić information content (AvgIpc) is 2.45. The highest BCUT2D eigenvalue weighted by Gasteiger charge is 2.13. The van der Waals surface area contributed by atoms with Gasteiger partial charge in [0.15, 0.2) is 5.82 Å². The van der Waals surface area contributed by atoms with Crippen LogP contribution in [-0.2, 0) is 6.54 Å². The van der Waals surface area contributed by atoms with Gasteiger partial charge in [0.2, 0.25) is 0 Å². The summed E-state index contributed by atoms with van der Waals surface area (Å²) in [5.41, 5.74) is 0.842. The quantitative estimate of drug-likeness (QED) is 0.934. The van der Waals surface area contributed by atoms with Crippen LogP contribution in [0.15, 0.2) is 41.7 Å². The number of rotatable bonds is 3. The van der Waals surface area contributed by atoms with Gasteiger partial charge in [0.25, 0.3) is 0 Å². The molecule has 6 heteroatoms. The molecular weight excluding hydrogens is 264 g/mol. The summed E-state index contributed by atoms with van der Waals surface area (Å²) in [5.74, 6) is 2.18. The Labute approximate surface area is 115 Å². The lowest BCUT2D eigenvalue weighted by Crippen LogP contribution is -2.25. The molecule has 1 aliphatic rings. The third kappa shape index (κ3) is 2.82. The van der Waals surface area contributed by atoms with Crippen molar-refractivity contribution in [1.29, 1.82) is 0 Å². The summed E-state index contributed by atoms with van der Waals surface area (Å²) in [6.07, 6.45) is 3.30. The van der Waals surface area contributed by atoms with E-state index in [1.165, 1.54) is 0 Å². The first-order valence-electron chi connectivity index (χ1n) is 5.80. The van der Waals surface area contributed by atoms with Crippen molar-refractivity contribution in [1.82, 2.24) is 9.97 Å². The monoisotopic (exact) mass is 274 g/mol.